The Balaban J connectivity index is 2.43. The predicted octanol–water partition coefficient (Wildman–Crippen LogP) is -0.646. The van der Waals surface area contributed by atoms with E-state index in [0.29, 0.717) is 6.54 Å². The van der Waals surface area contributed by atoms with E-state index >= 15 is 0 Å². The van der Waals surface area contributed by atoms with Gasteiger partial charge in [-0.1, -0.05) is 6.92 Å². The van der Waals surface area contributed by atoms with Crippen LogP contribution in [0, 0.1) is 0 Å². The first kappa shape index (κ1) is 10.2. The molecule has 0 amide bonds. The van der Waals surface area contributed by atoms with E-state index in [1.165, 1.54) is 0 Å². The number of nitrogens with zero attached hydrogens (tertiary/aromatic N) is 1. The first-order valence-corrected chi connectivity index (χ1v) is 5.34. The van der Waals surface area contributed by atoms with Crippen molar-refractivity contribution in [1.82, 2.24) is 19.6 Å². The standard InChI is InChI=1S/C6H12N4O2S/c1-2-9-13(11,12)10-5-6-3-7-8-4-6/h3-4,9-10H,2,5H2,1H3,(H,7,8). The highest BCUT2D eigenvalue weighted by molar-refractivity contribution is 7.87. The highest BCUT2D eigenvalue weighted by Crippen LogP contribution is 1.92. The minimum absolute atomic E-state index is 0.242. The smallest absolute Gasteiger partial charge is 0.277 e. The zero-order valence-corrected chi connectivity index (χ0v) is 8.06. The average molecular weight is 204 g/mol. The molecule has 0 saturated carbocycles. The molecule has 0 aromatic carbocycles. The van der Waals surface area contributed by atoms with Crippen molar-refractivity contribution in [3.8, 4) is 0 Å². The summed E-state index contributed by atoms with van der Waals surface area (Å²) in [5, 5.41) is 6.28. The van der Waals surface area contributed by atoms with Crippen LogP contribution >= 0.6 is 0 Å². The van der Waals surface area contributed by atoms with Gasteiger partial charge in [0.15, 0.2) is 0 Å². The predicted molar refractivity (Wildman–Crippen MR) is 48.0 cm³/mol. The lowest BCUT2D eigenvalue weighted by molar-refractivity contribution is 0.568. The molecule has 1 rings (SSSR count). The minimum Gasteiger partial charge on any atom is -0.285 e. The molecule has 0 aliphatic carbocycles. The monoisotopic (exact) mass is 204 g/mol. The van der Waals surface area contributed by atoms with E-state index in [1.807, 2.05) is 0 Å². The van der Waals surface area contributed by atoms with Crippen LogP contribution in [0.5, 0.6) is 0 Å². The molecule has 7 heteroatoms. The molecular weight excluding hydrogens is 192 g/mol. The molecule has 1 aromatic rings. The third kappa shape index (κ3) is 3.53. The summed E-state index contributed by atoms with van der Waals surface area (Å²) in [6.45, 7) is 2.34. The maximum Gasteiger partial charge on any atom is 0.277 e. The summed E-state index contributed by atoms with van der Waals surface area (Å²) in [6, 6.07) is 0. The summed E-state index contributed by atoms with van der Waals surface area (Å²) in [5.41, 5.74) is 0.793. The number of nitrogens with one attached hydrogen (secondary N) is 3. The molecule has 0 bridgehead atoms. The Bertz CT molecular complexity index is 332. The van der Waals surface area contributed by atoms with Gasteiger partial charge in [-0.25, -0.2) is 4.72 Å². The van der Waals surface area contributed by atoms with E-state index < -0.39 is 10.2 Å². The Morgan fingerprint density at radius 1 is 1.54 bits per heavy atom. The van der Waals surface area contributed by atoms with Gasteiger partial charge in [-0.2, -0.15) is 18.2 Å². The second-order valence-electron chi connectivity index (χ2n) is 2.43. The van der Waals surface area contributed by atoms with Crippen LogP contribution in [0.2, 0.25) is 0 Å². The molecule has 74 valence electrons. The molecule has 1 aromatic heterocycles. The first-order valence-electron chi connectivity index (χ1n) is 3.86. The fourth-order valence-electron chi connectivity index (χ4n) is 0.794. The SMILES string of the molecule is CCNS(=O)(=O)NCc1cn[nH]c1. The lowest BCUT2D eigenvalue weighted by atomic mass is 10.4. The Kier molecular flexibility index (Phi) is 3.40. The van der Waals surface area contributed by atoms with Gasteiger partial charge >= 0.3 is 0 Å². The first-order chi connectivity index (χ1) is 6.14. The highest BCUT2D eigenvalue weighted by atomic mass is 32.2. The van der Waals surface area contributed by atoms with Gasteiger partial charge in [0.05, 0.1) is 6.20 Å². The molecule has 0 unspecified atom stereocenters. The van der Waals surface area contributed by atoms with Crippen molar-refractivity contribution in [2.45, 2.75) is 13.5 Å². The number of aromatic nitrogens is 2. The molecule has 3 N–H and O–H groups in total. The maximum absolute atomic E-state index is 11.1. The van der Waals surface area contributed by atoms with Crippen molar-refractivity contribution in [2.24, 2.45) is 0 Å². The van der Waals surface area contributed by atoms with E-state index in [-0.39, 0.29) is 6.54 Å². The molecule has 0 fully saturated rings. The van der Waals surface area contributed by atoms with Crippen LogP contribution in [-0.4, -0.2) is 25.2 Å². The van der Waals surface area contributed by atoms with Crippen LogP contribution in [0.1, 0.15) is 12.5 Å². The summed E-state index contributed by atoms with van der Waals surface area (Å²) in [6.07, 6.45) is 3.20. The lowest BCUT2D eigenvalue weighted by Gasteiger charge is -2.04. The van der Waals surface area contributed by atoms with Gasteiger partial charge in [-0.15, -0.1) is 0 Å². The Morgan fingerprint density at radius 3 is 2.85 bits per heavy atom. The molecular formula is C6H12N4O2S. The molecule has 0 radical (unpaired) electrons. The van der Waals surface area contributed by atoms with Crippen LogP contribution in [0.25, 0.3) is 0 Å². The second-order valence-corrected chi connectivity index (χ2v) is 4.01. The Labute approximate surface area is 76.9 Å². The van der Waals surface area contributed by atoms with Gasteiger partial charge < -0.3 is 0 Å². The van der Waals surface area contributed by atoms with Crippen LogP contribution < -0.4 is 9.44 Å². The average Bonchev–Trinajstić information content (AvgIpc) is 2.52. The number of rotatable bonds is 5. The van der Waals surface area contributed by atoms with Crippen LogP contribution in [0.4, 0.5) is 0 Å². The number of hydrogen-bond donors (Lipinski definition) is 3. The van der Waals surface area contributed by atoms with Gasteiger partial charge in [-0.05, 0) is 0 Å². The molecule has 0 spiro atoms. The molecule has 0 aliphatic heterocycles. The molecule has 6 nitrogen and oxygen atoms in total. The summed E-state index contributed by atoms with van der Waals surface area (Å²) >= 11 is 0. The molecule has 1 heterocycles. The summed E-state index contributed by atoms with van der Waals surface area (Å²) in [5.74, 6) is 0. The maximum atomic E-state index is 11.1. The molecule has 0 aliphatic rings. The van der Waals surface area contributed by atoms with Crippen LogP contribution in [0.15, 0.2) is 12.4 Å². The Hall–Kier alpha value is -0.920. The van der Waals surface area contributed by atoms with Crippen molar-refractivity contribution in [3.05, 3.63) is 18.0 Å². The van der Waals surface area contributed by atoms with Crippen molar-refractivity contribution in [2.75, 3.05) is 6.54 Å². The normalized spacial score (nSPS) is 11.8. The number of aromatic amines is 1. The summed E-state index contributed by atoms with van der Waals surface area (Å²) < 4.78 is 26.8. The van der Waals surface area contributed by atoms with Gasteiger partial charge in [0.1, 0.15) is 0 Å². The molecule has 0 atom stereocenters. The highest BCUT2D eigenvalue weighted by Gasteiger charge is 2.06. The lowest BCUT2D eigenvalue weighted by Crippen LogP contribution is -2.35. The van der Waals surface area contributed by atoms with Gasteiger partial charge in [0.2, 0.25) is 0 Å². The third-order valence-corrected chi connectivity index (χ3v) is 2.55. The second kappa shape index (κ2) is 4.35. The van der Waals surface area contributed by atoms with Crippen molar-refractivity contribution in [3.63, 3.8) is 0 Å². The van der Waals surface area contributed by atoms with Crippen LogP contribution in [0.3, 0.4) is 0 Å². The van der Waals surface area contributed by atoms with E-state index in [2.05, 4.69) is 19.6 Å². The molecule has 13 heavy (non-hydrogen) atoms. The summed E-state index contributed by atoms with van der Waals surface area (Å²) in [7, 11) is -3.35. The zero-order chi connectivity index (χ0) is 9.73. The fraction of sp³-hybridized carbons (Fsp3) is 0.500. The van der Waals surface area contributed by atoms with Crippen molar-refractivity contribution < 1.29 is 8.42 Å². The van der Waals surface area contributed by atoms with E-state index in [9.17, 15) is 8.42 Å². The van der Waals surface area contributed by atoms with Crippen molar-refractivity contribution >= 4 is 10.2 Å². The quantitative estimate of drug-likeness (QED) is 0.596. The fourth-order valence-corrected chi connectivity index (χ4v) is 1.63. The molecule has 0 saturated heterocycles. The van der Waals surface area contributed by atoms with E-state index in [1.54, 1.807) is 19.3 Å². The minimum atomic E-state index is -3.35. The third-order valence-electron chi connectivity index (χ3n) is 1.36. The number of hydrogen-bond acceptors (Lipinski definition) is 3. The zero-order valence-electron chi connectivity index (χ0n) is 7.24. The van der Waals surface area contributed by atoms with Gasteiger partial charge in [0, 0.05) is 24.8 Å². The Morgan fingerprint density at radius 2 is 2.31 bits per heavy atom. The van der Waals surface area contributed by atoms with Crippen molar-refractivity contribution in [1.29, 1.82) is 0 Å². The van der Waals surface area contributed by atoms with Gasteiger partial charge in [0.25, 0.3) is 10.2 Å². The van der Waals surface area contributed by atoms with E-state index in [0.717, 1.165) is 5.56 Å². The number of H-pyrrole nitrogens is 1. The largest absolute Gasteiger partial charge is 0.285 e. The van der Waals surface area contributed by atoms with Crippen LogP contribution in [-0.2, 0) is 16.8 Å². The van der Waals surface area contributed by atoms with Gasteiger partial charge in [-0.3, -0.25) is 5.10 Å². The van der Waals surface area contributed by atoms with E-state index in [4.69, 9.17) is 0 Å². The summed E-state index contributed by atoms with van der Waals surface area (Å²) in [4.78, 5) is 0. The topological polar surface area (TPSA) is 86.9 Å².